The predicted octanol–water partition coefficient (Wildman–Crippen LogP) is 1.34. The normalized spacial score (nSPS) is 14.7. The van der Waals surface area contributed by atoms with Gasteiger partial charge in [0.15, 0.2) is 0 Å². The molecule has 0 spiro atoms. The lowest BCUT2D eigenvalue weighted by Crippen LogP contribution is -2.44. The molecule has 8 heteroatoms. The number of amides is 1. The highest BCUT2D eigenvalue weighted by Crippen LogP contribution is 2.20. The molecule has 1 aliphatic rings. The largest absolute Gasteiger partial charge is 0.381 e. The zero-order chi connectivity index (χ0) is 20.5. The number of nitrogens with zero attached hydrogens (tertiary/aromatic N) is 3. The van der Waals surface area contributed by atoms with Crippen LogP contribution in [0.25, 0.3) is 16.7 Å². The fraction of sp³-hybridized carbons (Fsp3) is 0.429. The van der Waals surface area contributed by atoms with Crippen LogP contribution in [-0.4, -0.2) is 35.1 Å². The molecule has 0 saturated heterocycles. The summed E-state index contributed by atoms with van der Waals surface area (Å²) in [6, 6.07) is 5.43. The van der Waals surface area contributed by atoms with Crippen LogP contribution in [0.5, 0.6) is 0 Å². The third-order valence-electron chi connectivity index (χ3n) is 5.55. The Morgan fingerprint density at radius 1 is 1.38 bits per heavy atom. The van der Waals surface area contributed by atoms with Crippen LogP contribution in [0.3, 0.4) is 0 Å². The topological polar surface area (TPSA) is 103 Å². The van der Waals surface area contributed by atoms with Gasteiger partial charge < -0.3 is 15.8 Å². The van der Waals surface area contributed by atoms with Gasteiger partial charge in [-0.1, -0.05) is 23.9 Å². The summed E-state index contributed by atoms with van der Waals surface area (Å²) in [5, 5.41) is 3.41. The zero-order valence-corrected chi connectivity index (χ0v) is 16.8. The average molecular weight is 396 g/mol. The number of anilines is 1. The van der Waals surface area contributed by atoms with Crippen LogP contribution in [0, 0.1) is 6.92 Å². The van der Waals surface area contributed by atoms with Crippen LogP contribution in [0.4, 0.5) is 5.82 Å². The Labute approximate surface area is 168 Å². The van der Waals surface area contributed by atoms with E-state index in [0.29, 0.717) is 35.4 Å². The quantitative estimate of drug-likeness (QED) is 0.501. The summed E-state index contributed by atoms with van der Waals surface area (Å²) in [4.78, 5) is 30.8. The Morgan fingerprint density at radius 2 is 2.14 bits per heavy atom. The van der Waals surface area contributed by atoms with E-state index in [2.05, 4.69) is 10.3 Å². The Hall–Kier alpha value is -3.00. The Morgan fingerprint density at radius 3 is 2.86 bits per heavy atom. The summed E-state index contributed by atoms with van der Waals surface area (Å²) in [6.45, 7) is 2.68. The summed E-state index contributed by atoms with van der Waals surface area (Å²) in [5.74, 6) is 0.0321. The minimum atomic E-state index is -0.254. The molecule has 0 unspecified atom stereocenters. The van der Waals surface area contributed by atoms with E-state index in [1.807, 2.05) is 13.0 Å². The van der Waals surface area contributed by atoms with Gasteiger partial charge in [0.2, 0.25) is 11.5 Å². The van der Waals surface area contributed by atoms with E-state index < -0.39 is 0 Å². The van der Waals surface area contributed by atoms with Gasteiger partial charge in [-0.15, -0.1) is 0 Å². The van der Waals surface area contributed by atoms with E-state index in [1.165, 1.54) is 4.40 Å². The van der Waals surface area contributed by atoms with Gasteiger partial charge in [0.05, 0.1) is 13.2 Å². The first kappa shape index (κ1) is 19.3. The number of rotatable bonds is 5. The monoisotopic (exact) mass is 396 g/mol. The number of nitrogens with two attached hydrogens (primary N) is 1. The van der Waals surface area contributed by atoms with Crippen molar-refractivity contribution in [1.82, 2.24) is 14.7 Å². The minimum absolute atomic E-state index is 0.156. The molecule has 4 rings (SSSR count). The number of hydrogen-bond donors (Lipinski definition) is 2. The number of aromatic nitrogens is 3. The predicted molar refractivity (Wildman–Crippen MR) is 110 cm³/mol. The number of ether oxygens (including phenoxy) is 1. The van der Waals surface area contributed by atoms with Crippen molar-refractivity contribution in [1.29, 1.82) is 0 Å². The molecular weight excluding hydrogens is 370 g/mol. The fourth-order valence-electron chi connectivity index (χ4n) is 3.98. The Kier molecular flexibility index (Phi) is 5.19. The average Bonchev–Trinajstić information content (AvgIpc) is 3.21. The van der Waals surface area contributed by atoms with E-state index in [-0.39, 0.29) is 23.3 Å². The summed E-state index contributed by atoms with van der Waals surface area (Å²) in [7, 11) is 1.59. The van der Waals surface area contributed by atoms with Crippen molar-refractivity contribution in [2.45, 2.75) is 45.2 Å². The maximum atomic E-state index is 13.2. The number of aryl methyl sites for hydroxylation is 1. The molecule has 3 aromatic rings. The van der Waals surface area contributed by atoms with Crippen molar-refractivity contribution in [2.24, 2.45) is 0 Å². The van der Waals surface area contributed by atoms with Crippen LogP contribution in [-0.2, 0) is 11.3 Å². The first-order valence-corrected chi connectivity index (χ1v) is 9.94. The molecule has 0 bridgehead atoms. The van der Waals surface area contributed by atoms with Crippen LogP contribution < -0.4 is 21.2 Å². The number of carbonyl (C=O) groups excluding carboxylic acids is 1. The molecular formula is C21H26N5O3+. The maximum Gasteiger partial charge on any atom is 0.278 e. The molecule has 152 valence electrons. The molecule has 3 aromatic heterocycles. The van der Waals surface area contributed by atoms with E-state index >= 15 is 0 Å². The molecule has 8 nitrogen and oxygen atoms in total. The number of hydrogen-bond acceptors (Lipinski definition) is 5. The highest BCUT2D eigenvalue weighted by molar-refractivity contribution is 6.00. The molecule has 0 atom stereocenters. The van der Waals surface area contributed by atoms with Crippen molar-refractivity contribution in [2.75, 3.05) is 19.5 Å². The number of nitrogen functional groups attached to an aromatic ring is 1. The van der Waals surface area contributed by atoms with E-state index in [9.17, 15) is 9.59 Å². The maximum absolute atomic E-state index is 13.2. The van der Waals surface area contributed by atoms with Crippen LogP contribution in [0.2, 0.25) is 0 Å². The molecule has 3 N–H and O–H groups in total. The molecule has 0 aliphatic heterocycles. The van der Waals surface area contributed by atoms with Crippen molar-refractivity contribution in [3.63, 3.8) is 0 Å². The molecule has 0 aromatic carbocycles. The van der Waals surface area contributed by atoms with Crippen molar-refractivity contribution < 1.29 is 14.1 Å². The minimum Gasteiger partial charge on any atom is -0.381 e. The van der Waals surface area contributed by atoms with Crippen molar-refractivity contribution in [3.05, 3.63) is 45.9 Å². The second-order valence-electron chi connectivity index (χ2n) is 7.63. The van der Waals surface area contributed by atoms with Crippen molar-refractivity contribution >= 4 is 28.4 Å². The second kappa shape index (κ2) is 7.79. The molecule has 29 heavy (non-hydrogen) atoms. The third-order valence-corrected chi connectivity index (χ3v) is 5.55. The number of fused-ring (bicyclic) bond motifs is 2. The SMILES string of the molecule is COCC[n+]1c(N)c(C(=O)NC2CCCC2)cc2c(=O)n3cc(C)ccc3nc21. The lowest BCUT2D eigenvalue weighted by Gasteiger charge is -2.15. The molecule has 3 heterocycles. The van der Waals surface area contributed by atoms with Gasteiger partial charge in [-0.05, 0) is 37.5 Å². The van der Waals surface area contributed by atoms with Crippen LogP contribution >= 0.6 is 0 Å². The molecule has 0 radical (unpaired) electrons. The first-order chi connectivity index (χ1) is 14.0. The lowest BCUT2D eigenvalue weighted by molar-refractivity contribution is -0.660. The number of nitrogens with one attached hydrogen (secondary N) is 1. The first-order valence-electron chi connectivity index (χ1n) is 9.94. The van der Waals surface area contributed by atoms with E-state index in [0.717, 1.165) is 31.2 Å². The second-order valence-corrected chi connectivity index (χ2v) is 7.63. The molecule has 1 fully saturated rings. The standard InChI is InChI=1S/C21H25N5O3/c1-13-7-8-17-24-19-16(21(28)26(17)12-13)11-15(18(22)25(19)9-10-29-2)20(27)23-14-5-3-4-6-14/h7-8,11-12,14,22H,3-6,9-10H2,1-2H3,(H,23,27)/p+1. The Bertz CT molecular complexity index is 1150. The van der Waals surface area contributed by atoms with Gasteiger partial charge in [-0.3, -0.25) is 14.0 Å². The van der Waals surface area contributed by atoms with Gasteiger partial charge >= 0.3 is 0 Å². The third kappa shape index (κ3) is 3.55. The highest BCUT2D eigenvalue weighted by Gasteiger charge is 2.26. The summed E-state index contributed by atoms with van der Waals surface area (Å²) in [5.41, 5.74) is 8.38. The molecule has 1 amide bonds. The molecule has 1 aliphatic carbocycles. The van der Waals surface area contributed by atoms with E-state index in [4.69, 9.17) is 10.5 Å². The number of pyridine rings is 2. The molecule has 1 saturated carbocycles. The zero-order valence-electron chi connectivity index (χ0n) is 16.8. The van der Waals surface area contributed by atoms with Gasteiger partial charge in [0.1, 0.15) is 10.9 Å². The van der Waals surface area contributed by atoms with Crippen LogP contribution in [0.1, 0.15) is 41.6 Å². The number of carbonyl (C=O) groups is 1. The number of methoxy groups -OCH3 is 1. The van der Waals surface area contributed by atoms with Gasteiger partial charge in [0.25, 0.3) is 17.1 Å². The van der Waals surface area contributed by atoms with Gasteiger partial charge in [-0.25, -0.2) is 4.57 Å². The summed E-state index contributed by atoms with van der Waals surface area (Å²) < 4.78 is 8.41. The smallest absolute Gasteiger partial charge is 0.278 e. The summed E-state index contributed by atoms with van der Waals surface area (Å²) in [6.07, 6.45) is 5.91. The lowest BCUT2D eigenvalue weighted by atomic mass is 10.1. The van der Waals surface area contributed by atoms with Gasteiger partial charge in [0, 0.05) is 19.3 Å². The van der Waals surface area contributed by atoms with E-state index in [1.54, 1.807) is 30.0 Å². The fourth-order valence-corrected chi connectivity index (χ4v) is 3.98. The highest BCUT2D eigenvalue weighted by atomic mass is 16.5. The van der Waals surface area contributed by atoms with Crippen molar-refractivity contribution in [3.8, 4) is 0 Å². The Balaban J connectivity index is 1.92. The summed E-state index contributed by atoms with van der Waals surface area (Å²) >= 11 is 0. The van der Waals surface area contributed by atoms with Crippen LogP contribution in [0.15, 0.2) is 29.2 Å². The van der Waals surface area contributed by atoms with Gasteiger partial charge in [-0.2, -0.15) is 0 Å².